The summed E-state index contributed by atoms with van der Waals surface area (Å²) in [4.78, 5) is 37.5. The molecule has 130 valence electrons. The summed E-state index contributed by atoms with van der Waals surface area (Å²) in [6, 6.07) is 5.90. The minimum Gasteiger partial charge on any atom is -0.480 e. The molecule has 1 fully saturated rings. The Bertz CT molecular complexity index is 633. The van der Waals surface area contributed by atoms with E-state index in [1.807, 2.05) is 0 Å². The van der Waals surface area contributed by atoms with Crippen LogP contribution >= 0.6 is 0 Å². The molecule has 8 nitrogen and oxygen atoms in total. The van der Waals surface area contributed by atoms with Crippen molar-refractivity contribution in [3.63, 3.8) is 0 Å². The molecule has 0 aliphatic carbocycles. The van der Waals surface area contributed by atoms with Gasteiger partial charge in [-0.3, -0.25) is 14.5 Å². The standard InChI is InChI=1S/C16H20N2O6/c1-17(10-14(19)20)8-13-9-18(5-6-24-13)15(21)11-3-2-4-12(7-11)16(22)23/h2-4,7,13H,5-6,8-10H2,1H3,(H,19,20)(H,22,23). The predicted molar refractivity (Wildman–Crippen MR) is 84.2 cm³/mol. The molecule has 0 radical (unpaired) electrons. The summed E-state index contributed by atoms with van der Waals surface area (Å²) in [6.45, 7) is 1.39. The van der Waals surface area contributed by atoms with E-state index in [4.69, 9.17) is 14.9 Å². The van der Waals surface area contributed by atoms with Crippen LogP contribution in [-0.2, 0) is 9.53 Å². The van der Waals surface area contributed by atoms with Crippen LogP contribution in [0.15, 0.2) is 24.3 Å². The number of aliphatic carboxylic acids is 1. The van der Waals surface area contributed by atoms with Gasteiger partial charge in [0.2, 0.25) is 0 Å². The lowest BCUT2D eigenvalue weighted by molar-refractivity contribution is -0.138. The van der Waals surface area contributed by atoms with E-state index in [1.54, 1.807) is 22.9 Å². The van der Waals surface area contributed by atoms with Gasteiger partial charge >= 0.3 is 11.9 Å². The molecule has 24 heavy (non-hydrogen) atoms. The molecule has 0 bridgehead atoms. The second-order valence-electron chi connectivity index (χ2n) is 5.72. The van der Waals surface area contributed by atoms with E-state index in [2.05, 4.69) is 0 Å². The first-order chi connectivity index (χ1) is 11.4. The first-order valence-electron chi connectivity index (χ1n) is 7.51. The number of amides is 1. The maximum absolute atomic E-state index is 12.6. The number of aromatic carboxylic acids is 1. The van der Waals surface area contributed by atoms with E-state index in [1.165, 1.54) is 18.2 Å². The summed E-state index contributed by atoms with van der Waals surface area (Å²) < 4.78 is 5.59. The molecule has 2 rings (SSSR count). The van der Waals surface area contributed by atoms with Gasteiger partial charge in [0, 0.05) is 25.2 Å². The zero-order chi connectivity index (χ0) is 17.7. The number of ether oxygens (including phenoxy) is 1. The highest BCUT2D eigenvalue weighted by Crippen LogP contribution is 2.13. The first kappa shape index (κ1) is 17.9. The number of rotatable bonds is 6. The van der Waals surface area contributed by atoms with Crippen molar-refractivity contribution in [3.05, 3.63) is 35.4 Å². The van der Waals surface area contributed by atoms with Gasteiger partial charge in [-0.1, -0.05) is 6.07 Å². The lowest BCUT2D eigenvalue weighted by Crippen LogP contribution is -2.49. The van der Waals surface area contributed by atoms with Crippen molar-refractivity contribution in [2.45, 2.75) is 6.10 Å². The Morgan fingerprint density at radius 2 is 2.00 bits per heavy atom. The van der Waals surface area contributed by atoms with Crippen LogP contribution in [0.1, 0.15) is 20.7 Å². The molecule has 1 amide bonds. The first-order valence-corrected chi connectivity index (χ1v) is 7.51. The molecule has 8 heteroatoms. The fourth-order valence-corrected chi connectivity index (χ4v) is 2.63. The maximum atomic E-state index is 12.6. The summed E-state index contributed by atoms with van der Waals surface area (Å²) in [5.41, 5.74) is 0.376. The molecular formula is C16H20N2O6. The van der Waals surface area contributed by atoms with Gasteiger partial charge in [-0.2, -0.15) is 0 Å². The third-order valence-corrected chi connectivity index (χ3v) is 3.70. The minimum atomic E-state index is -1.08. The third kappa shape index (κ3) is 4.77. The van der Waals surface area contributed by atoms with E-state index in [9.17, 15) is 14.4 Å². The Kier molecular flexibility index (Phi) is 5.88. The van der Waals surface area contributed by atoms with Crippen LogP contribution in [0.3, 0.4) is 0 Å². The van der Waals surface area contributed by atoms with E-state index < -0.39 is 11.9 Å². The Hall–Kier alpha value is -2.45. The van der Waals surface area contributed by atoms with Crippen molar-refractivity contribution < 1.29 is 29.3 Å². The van der Waals surface area contributed by atoms with Crippen LogP contribution in [0.4, 0.5) is 0 Å². The molecule has 0 spiro atoms. The lowest BCUT2D eigenvalue weighted by Gasteiger charge is -2.34. The van der Waals surface area contributed by atoms with Gasteiger partial charge in [0.05, 0.1) is 24.8 Å². The van der Waals surface area contributed by atoms with Gasteiger partial charge in [-0.05, 0) is 25.2 Å². The molecule has 1 aromatic carbocycles. The number of carbonyl (C=O) groups excluding carboxylic acids is 1. The Morgan fingerprint density at radius 1 is 1.29 bits per heavy atom. The molecular weight excluding hydrogens is 316 g/mol. The van der Waals surface area contributed by atoms with Crippen LogP contribution in [0.5, 0.6) is 0 Å². The van der Waals surface area contributed by atoms with Gasteiger partial charge in [-0.15, -0.1) is 0 Å². The number of carboxylic acids is 2. The van der Waals surface area contributed by atoms with Crippen LogP contribution in [-0.4, -0.2) is 83.8 Å². The van der Waals surface area contributed by atoms with Crippen molar-refractivity contribution >= 4 is 17.8 Å². The smallest absolute Gasteiger partial charge is 0.335 e. The van der Waals surface area contributed by atoms with Crippen LogP contribution in [0, 0.1) is 0 Å². The van der Waals surface area contributed by atoms with Gasteiger partial charge in [0.25, 0.3) is 5.91 Å². The van der Waals surface area contributed by atoms with Gasteiger partial charge in [-0.25, -0.2) is 4.79 Å². The van der Waals surface area contributed by atoms with Crippen molar-refractivity contribution in [2.75, 3.05) is 39.8 Å². The van der Waals surface area contributed by atoms with Crippen molar-refractivity contribution in [3.8, 4) is 0 Å². The molecule has 0 aromatic heterocycles. The quantitative estimate of drug-likeness (QED) is 0.766. The zero-order valence-corrected chi connectivity index (χ0v) is 13.3. The largest absolute Gasteiger partial charge is 0.480 e. The molecule has 1 unspecified atom stereocenters. The highest BCUT2D eigenvalue weighted by Gasteiger charge is 2.26. The normalized spacial score (nSPS) is 17.8. The van der Waals surface area contributed by atoms with Crippen molar-refractivity contribution in [1.29, 1.82) is 0 Å². The molecule has 1 aliphatic heterocycles. The van der Waals surface area contributed by atoms with Crippen LogP contribution < -0.4 is 0 Å². The maximum Gasteiger partial charge on any atom is 0.335 e. The van der Waals surface area contributed by atoms with Gasteiger partial charge in [0.1, 0.15) is 0 Å². The molecule has 1 aromatic rings. The summed E-state index contributed by atoms with van der Waals surface area (Å²) in [5.74, 6) is -2.26. The fraction of sp³-hybridized carbons (Fsp3) is 0.438. The van der Waals surface area contributed by atoms with E-state index in [-0.39, 0.29) is 24.1 Å². The molecule has 1 heterocycles. The Balaban J connectivity index is 2.01. The average Bonchev–Trinajstić information content (AvgIpc) is 2.53. The average molecular weight is 336 g/mol. The van der Waals surface area contributed by atoms with Gasteiger partial charge < -0.3 is 19.8 Å². The molecule has 1 atom stereocenters. The molecule has 1 aliphatic rings. The van der Waals surface area contributed by atoms with Crippen molar-refractivity contribution in [1.82, 2.24) is 9.80 Å². The summed E-state index contributed by atoms with van der Waals surface area (Å²) >= 11 is 0. The zero-order valence-electron chi connectivity index (χ0n) is 13.3. The topological polar surface area (TPSA) is 107 Å². The van der Waals surface area contributed by atoms with E-state index in [0.29, 0.717) is 31.8 Å². The molecule has 1 saturated heterocycles. The Labute approximate surface area is 139 Å². The fourth-order valence-electron chi connectivity index (χ4n) is 2.63. The second kappa shape index (κ2) is 7.89. The third-order valence-electron chi connectivity index (χ3n) is 3.70. The van der Waals surface area contributed by atoms with Crippen LogP contribution in [0.25, 0.3) is 0 Å². The SMILES string of the molecule is CN(CC(=O)O)CC1CN(C(=O)c2cccc(C(=O)O)c2)CCO1. The minimum absolute atomic E-state index is 0.0619. The van der Waals surface area contributed by atoms with Gasteiger partial charge in [0.15, 0.2) is 0 Å². The number of morpholine rings is 1. The molecule has 0 saturated carbocycles. The number of hydrogen-bond acceptors (Lipinski definition) is 5. The number of carboxylic acid groups (broad SMARTS) is 2. The summed E-state index contributed by atoms with van der Waals surface area (Å²) in [6.07, 6.45) is -0.283. The monoisotopic (exact) mass is 336 g/mol. The lowest BCUT2D eigenvalue weighted by atomic mass is 10.1. The summed E-state index contributed by atoms with van der Waals surface area (Å²) in [5, 5.41) is 17.8. The number of benzene rings is 1. The number of hydrogen-bond donors (Lipinski definition) is 2. The Morgan fingerprint density at radius 3 is 2.67 bits per heavy atom. The number of nitrogens with zero attached hydrogens (tertiary/aromatic N) is 2. The second-order valence-corrected chi connectivity index (χ2v) is 5.72. The highest BCUT2D eigenvalue weighted by molar-refractivity contribution is 5.97. The summed E-state index contributed by atoms with van der Waals surface area (Å²) in [7, 11) is 1.68. The van der Waals surface area contributed by atoms with Crippen LogP contribution in [0.2, 0.25) is 0 Å². The highest BCUT2D eigenvalue weighted by atomic mass is 16.5. The number of carbonyl (C=O) groups is 3. The van der Waals surface area contributed by atoms with E-state index >= 15 is 0 Å². The van der Waals surface area contributed by atoms with E-state index in [0.717, 1.165) is 0 Å². The van der Waals surface area contributed by atoms with Crippen molar-refractivity contribution in [2.24, 2.45) is 0 Å². The number of likely N-dealkylation sites (N-methyl/N-ethyl adjacent to an activating group) is 1. The molecule has 2 N–H and O–H groups in total. The predicted octanol–water partition coefficient (Wildman–Crippen LogP) is 0.242.